The molecule has 19 heavy (non-hydrogen) atoms. The van der Waals surface area contributed by atoms with Crippen molar-refractivity contribution < 1.29 is 4.39 Å². The molecule has 0 aliphatic heterocycles. The number of hydrogen-bond acceptors (Lipinski definition) is 1. The predicted molar refractivity (Wildman–Crippen MR) is 82.3 cm³/mol. The molecule has 1 aromatic heterocycles. The van der Waals surface area contributed by atoms with Gasteiger partial charge < -0.3 is 0 Å². The third-order valence-electron chi connectivity index (χ3n) is 2.97. The molecule has 2 aromatic rings. The van der Waals surface area contributed by atoms with E-state index in [0.717, 1.165) is 16.3 Å². The van der Waals surface area contributed by atoms with Gasteiger partial charge in [0.15, 0.2) is 0 Å². The molecular weight excluding hydrogens is 255 g/mol. The summed E-state index contributed by atoms with van der Waals surface area (Å²) in [7, 11) is 0. The SMILES string of the molecule is C=C/C=c1/cc(Cc2cc(C)ccc2F)s/c1=C/C. The summed E-state index contributed by atoms with van der Waals surface area (Å²) in [6.07, 6.45) is 6.49. The Balaban J connectivity index is 2.42. The molecule has 0 bridgehead atoms. The van der Waals surface area contributed by atoms with Gasteiger partial charge in [0.1, 0.15) is 5.82 Å². The van der Waals surface area contributed by atoms with Crippen LogP contribution in [0.1, 0.15) is 22.9 Å². The van der Waals surface area contributed by atoms with Gasteiger partial charge in [0.05, 0.1) is 0 Å². The van der Waals surface area contributed by atoms with Gasteiger partial charge >= 0.3 is 0 Å². The number of halogens is 1. The minimum atomic E-state index is -0.129. The monoisotopic (exact) mass is 272 g/mol. The van der Waals surface area contributed by atoms with E-state index in [1.807, 2.05) is 26.0 Å². The summed E-state index contributed by atoms with van der Waals surface area (Å²) < 4.78 is 15.0. The van der Waals surface area contributed by atoms with E-state index in [4.69, 9.17) is 0 Å². The molecular formula is C17H17FS. The van der Waals surface area contributed by atoms with Crippen molar-refractivity contribution in [3.8, 4) is 0 Å². The zero-order valence-corrected chi connectivity index (χ0v) is 12.1. The van der Waals surface area contributed by atoms with Crippen molar-refractivity contribution in [3.05, 3.63) is 68.5 Å². The Kier molecular flexibility index (Phi) is 4.33. The summed E-state index contributed by atoms with van der Waals surface area (Å²) in [6, 6.07) is 7.38. The molecule has 98 valence electrons. The van der Waals surface area contributed by atoms with Crippen LogP contribution in [0.5, 0.6) is 0 Å². The molecule has 0 aliphatic carbocycles. The topological polar surface area (TPSA) is 0 Å². The van der Waals surface area contributed by atoms with Crippen LogP contribution in [0.2, 0.25) is 0 Å². The van der Waals surface area contributed by atoms with Crippen LogP contribution in [0.25, 0.3) is 12.2 Å². The number of allylic oxidation sites excluding steroid dienone is 1. The van der Waals surface area contributed by atoms with Crippen molar-refractivity contribution in [2.75, 3.05) is 0 Å². The van der Waals surface area contributed by atoms with Gasteiger partial charge in [-0.05, 0) is 36.8 Å². The van der Waals surface area contributed by atoms with Gasteiger partial charge in [0, 0.05) is 15.8 Å². The van der Waals surface area contributed by atoms with Gasteiger partial charge in [-0.25, -0.2) is 4.39 Å². The lowest BCUT2D eigenvalue weighted by Crippen LogP contribution is -2.15. The Hall–Kier alpha value is -1.67. The molecule has 2 rings (SSSR count). The minimum Gasteiger partial charge on any atom is -0.207 e. The van der Waals surface area contributed by atoms with E-state index in [1.54, 1.807) is 29.5 Å². The highest BCUT2D eigenvalue weighted by Crippen LogP contribution is 2.15. The zero-order valence-electron chi connectivity index (χ0n) is 11.2. The molecule has 2 heteroatoms. The second-order valence-corrected chi connectivity index (χ2v) is 5.66. The lowest BCUT2D eigenvalue weighted by Gasteiger charge is -2.02. The Bertz CT molecular complexity index is 707. The van der Waals surface area contributed by atoms with E-state index < -0.39 is 0 Å². The highest BCUT2D eigenvalue weighted by Gasteiger charge is 2.05. The minimum absolute atomic E-state index is 0.129. The first-order valence-electron chi connectivity index (χ1n) is 6.27. The molecule has 0 unspecified atom stereocenters. The summed E-state index contributed by atoms with van der Waals surface area (Å²) in [5, 5.41) is 1.16. The third-order valence-corrected chi connectivity index (χ3v) is 4.18. The highest BCUT2D eigenvalue weighted by molar-refractivity contribution is 7.09. The standard InChI is InChI=1S/C17H17FS/c1-4-6-13-10-15(19-17(13)5-2)11-14-9-12(3)7-8-16(14)18/h4-10H,1,11H2,2-3H3/b13-6-,17-5+. The lowest BCUT2D eigenvalue weighted by molar-refractivity contribution is 0.614. The Morgan fingerprint density at radius 3 is 2.79 bits per heavy atom. The van der Waals surface area contributed by atoms with Crippen LogP contribution in [0, 0.1) is 12.7 Å². The van der Waals surface area contributed by atoms with Gasteiger partial charge in [-0.3, -0.25) is 0 Å². The third kappa shape index (κ3) is 3.21. The summed E-state index contributed by atoms with van der Waals surface area (Å²) in [5.74, 6) is -0.129. The van der Waals surface area contributed by atoms with Crippen molar-refractivity contribution in [1.82, 2.24) is 0 Å². The fourth-order valence-electron chi connectivity index (χ4n) is 2.07. The van der Waals surface area contributed by atoms with E-state index in [0.29, 0.717) is 6.42 Å². The number of aryl methyl sites for hydroxylation is 1. The first-order valence-corrected chi connectivity index (χ1v) is 7.08. The number of hydrogen-bond donors (Lipinski definition) is 0. The van der Waals surface area contributed by atoms with E-state index in [1.165, 1.54) is 9.41 Å². The predicted octanol–water partition coefficient (Wildman–Crippen LogP) is 3.55. The van der Waals surface area contributed by atoms with Crippen LogP contribution in [-0.2, 0) is 6.42 Å². The number of thiophene rings is 1. The maximum atomic E-state index is 13.8. The van der Waals surface area contributed by atoms with Crippen LogP contribution in [-0.4, -0.2) is 0 Å². The Morgan fingerprint density at radius 2 is 2.11 bits per heavy atom. The average Bonchev–Trinajstić information content (AvgIpc) is 2.76. The molecule has 0 fully saturated rings. The van der Waals surface area contributed by atoms with Crippen molar-refractivity contribution in [2.24, 2.45) is 0 Å². The van der Waals surface area contributed by atoms with E-state index >= 15 is 0 Å². The molecule has 0 amide bonds. The van der Waals surface area contributed by atoms with Crippen molar-refractivity contribution in [3.63, 3.8) is 0 Å². The number of benzene rings is 1. The summed E-state index contributed by atoms with van der Waals surface area (Å²) >= 11 is 1.71. The molecule has 0 saturated heterocycles. The van der Waals surface area contributed by atoms with Crippen LogP contribution in [0.4, 0.5) is 4.39 Å². The first kappa shape index (κ1) is 13.8. The van der Waals surface area contributed by atoms with E-state index in [2.05, 4.69) is 18.7 Å². The maximum absolute atomic E-state index is 13.8. The normalized spacial score (nSPS) is 13.0. The van der Waals surface area contributed by atoms with Crippen molar-refractivity contribution >= 4 is 23.5 Å². The Morgan fingerprint density at radius 1 is 1.32 bits per heavy atom. The highest BCUT2D eigenvalue weighted by atomic mass is 32.1. The van der Waals surface area contributed by atoms with Crippen LogP contribution in [0.15, 0.2) is 36.9 Å². The molecule has 0 spiro atoms. The molecule has 0 aliphatic rings. The molecule has 1 heterocycles. The van der Waals surface area contributed by atoms with Gasteiger partial charge in [-0.2, -0.15) is 0 Å². The summed E-state index contributed by atoms with van der Waals surface area (Å²) in [6.45, 7) is 7.73. The Labute approximate surface area is 117 Å². The van der Waals surface area contributed by atoms with Crippen molar-refractivity contribution in [1.29, 1.82) is 0 Å². The van der Waals surface area contributed by atoms with Crippen LogP contribution in [0.3, 0.4) is 0 Å². The smallest absolute Gasteiger partial charge is 0.126 e. The van der Waals surface area contributed by atoms with E-state index in [9.17, 15) is 4.39 Å². The fourth-order valence-corrected chi connectivity index (χ4v) is 3.13. The first-order chi connectivity index (χ1) is 9.13. The molecule has 0 saturated carbocycles. The molecule has 0 N–H and O–H groups in total. The molecule has 0 nitrogen and oxygen atoms in total. The van der Waals surface area contributed by atoms with Gasteiger partial charge in [-0.1, -0.05) is 42.5 Å². The number of rotatable bonds is 3. The average molecular weight is 272 g/mol. The zero-order chi connectivity index (χ0) is 13.8. The summed E-state index contributed by atoms with van der Waals surface area (Å²) in [5.41, 5.74) is 1.85. The molecule has 1 aromatic carbocycles. The van der Waals surface area contributed by atoms with E-state index in [-0.39, 0.29) is 5.82 Å². The maximum Gasteiger partial charge on any atom is 0.126 e. The fraction of sp³-hybridized carbons (Fsp3) is 0.176. The quantitative estimate of drug-likeness (QED) is 0.801. The second kappa shape index (κ2) is 5.98. The second-order valence-electron chi connectivity index (χ2n) is 4.49. The van der Waals surface area contributed by atoms with Crippen LogP contribution >= 0.6 is 11.3 Å². The lowest BCUT2D eigenvalue weighted by atomic mass is 10.1. The molecule has 0 atom stereocenters. The van der Waals surface area contributed by atoms with Crippen molar-refractivity contribution in [2.45, 2.75) is 20.3 Å². The van der Waals surface area contributed by atoms with Crippen LogP contribution < -0.4 is 9.75 Å². The summed E-state index contributed by atoms with van der Waals surface area (Å²) in [4.78, 5) is 1.17. The van der Waals surface area contributed by atoms with Gasteiger partial charge in [0.2, 0.25) is 0 Å². The largest absolute Gasteiger partial charge is 0.207 e. The molecule has 0 radical (unpaired) electrons. The van der Waals surface area contributed by atoms with Gasteiger partial charge in [-0.15, -0.1) is 11.3 Å². The van der Waals surface area contributed by atoms with Gasteiger partial charge in [0.25, 0.3) is 0 Å².